The third kappa shape index (κ3) is 5.55. The Morgan fingerprint density at radius 3 is 2.44 bits per heavy atom. The van der Waals surface area contributed by atoms with Gasteiger partial charge < -0.3 is 5.11 Å². The zero-order chi connectivity index (χ0) is 24.8. The Balaban J connectivity index is 2.10. The fourth-order valence-corrected chi connectivity index (χ4v) is 4.15. The maximum Gasteiger partial charge on any atom is 0.167 e. The standard InChI is InChI=1S/C30H29ClFNO/c1-6-11-22(7-2)30(23-12-9-8-10-13-23)33-26-16-20(5)25(28(31)29(26)32)18-21-14-15-27(34)24(17-21)19(3)4/h6-17,19,34H,1-2,18H2,3-5H3/b22-11+,33-30?. The van der Waals surface area contributed by atoms with Gasteiger partial charge in [0, 0.05) is 11.1 Å². The monoisotopic (exact) mass is 473 g/mol. The van der Waals surface area contributed by atoms with Gasteiger partial charge in [0.2, 0.25) is 0 Å². The lowest BCUT2D eigenvalue weighted by atomic mass is 9.94. The van der Waals surface area contributed by atoms with E-state index in [0.29, 0.717) is 17.7 Å². The summed E-state index contributed by atoms with van der Waals surface area (Å²) in [5.74, 6) is -0.138. The summed E-state index contributed by atoms with van der Waals surface area (Å²) in [7, 11) is 0. The van der Waals surface area contributed by atoms with Gasteiger partial charge in [-0.3, -0.25) is 0 Å². The Morgan fingerprint density at radius 2 is 1.82 bits per heavy atom. The van der Waals surface area contributed by atoms with E-state index in [1.807, 2.05) is 63.2 Å². The van der Waals surface area contributed by atoms with Gasteiger partial charge in [-0.05, 0) is 53.6 Å². The fraction of sp³-hybridized carbons (Fsp3) is 0.167. The number of phenols is 1. The molecule has 0 saturated heterocycles. The minimum absolute atomic E-state index is 0.0539. The normalized spacial score (nSPS) is 12.2. The van der Waals surface area contributed by atoms with Crippen molar-refractivity contribution in [3.05, 3.63) is 130 Å². The number of hydrogen-bond donors (Lipinski definition) is 1. The molecule has 0 radical (unpaired) electrons. The van der Waals surface area contributed by atoms with Crippen LogP contribution in [-0.4, -0.2) is 10.8 Å². The van der Waals surface area contributed by atoms with Crippen LogP contribution < -0.4 is 0 Å². The number of allylic oxidation sites excluding steroid dienone is 4. The summed E-state index contributed by atoms with van der Waals surface area (Å²) in [6.07, 6.45) is 5.56. The number of rotatable bonds is 8. The highest BCUT2D eigenvalue weighted by Gasteiger charge is 2.18. The Hall–Kier alpha value is -3.43. The lowest BCUT2D eigenvalue weighted by Gasteiger charge is -2.15. The van der Waals surface area contributed by atoms with E-state index in [-0.39, 0.29) is 22.4 Å². The third-order valence-electron chi connectivity index (χ3n) is 5.68. The van der Waals surface area contributed by atoms with Gasteiger partial charge in [0.05, 0.1) is 10.7 Å². The molecule has 3 aromatic rings. The molecule has 0 aromatic heterocycles. The first-order valence-electron chi connectivity index (χ1n) is 11.2. The van der Waals surface area contributed by atoms with Crippen LogP contribution in [0.5, 0.6) is 5.75 Å². The molecule has 0 heterocycles. The fourth-order valence-electron chi connectivity index (χ4n) is 3.84. The van der Waals surface area contributed by atoms with Gasteiger partial charge in [-0.2, -0.15) is 0 Å². The van der Waals surface area contributed by atoms with E-state index in [0.717, 1.165) is 27.8 Å². The molecular weight excluding hydrogens is 445 g/mol. The summed E-state index contributed by atoms with van der Waals surface area (Å²) in [5, 5.41) is 10.2. The van der Waals surface area contributed by atoms with Crippen LogP contribution in [0.15, 0.2) is 96.5 Å². The number of halogens is 2. The molecule has 0 aliphatic carbocycles. The smallest absolute Gasteiger partial charge is 0.167 e. The summed E-state index contributed by atoms with van der Waals surface area (Å²) in [5.41, 5.74) is 5.64. The third-order valence-corrected chi connectivity index (χ3v) is 6.07. The van der Waals surface area contributed by atoms with E-state index in [1.165, 1.54) is 0 Å². The van der Waals surface area contributed by atoms with Crippen molar-refractivity contribution in [3.63, 3.8) is 0 Å². The highest BCUT2D eigenvalue weighted by molar-refractivity contribution is 6.32. The zero-order valence-corrected chi connectivity index (χ0v) is 20.5. The minimum Gasteiger partial charge on any atom is -0.508 e. The first-order valence-corrected chi connectivity index (χ1v) is 11.5. The summed E-state index contributed by atoms with van der Waals surface area (Å²) in [6, 6.07) is 16.7. The van der Waals surface area contributed by atoms with Crippen molar-refractivity contribution in [3.8, 4) is 5.75 Å². The molecule has 3 rings (SSSR count). The van der Waals surface area contributed by atoms with Crippen molar-refractivity contribution in [2.24, 2.45) is 4.99 Å². The first-order chi connectivity index (χ1) is 16.3. The van der Waals surface area contributed by atoms with Crippen LogP contribution >= 0.6 is 11.6 Å². The molecule has 0 saturated carbocycles. The van der Waals surface area contributed by atoms with E-state index < -0.39 is 5.82 Å². The van der Waals surface area contributed by atoms with Gasteiger partial charge in [-0.1, -0.05) is 99.3 Å². The predicted octanol–water partition coefficient (Wildman–Crippen LogP) is 8.63. The van der Waals surface area contributed by atoms with E-state index in [4.69, 9.17) is 11.6 Å². The largest absolute Gasteiger partial charge is 0.508 e. The lowest BCUT2D eigenvalue weighted by molar-refractivity contribution is 0.464. The van der Waals surface area contributed by atoms with E-state index in [2.05, 4.69) is 18.2 Å². The van der Waals surface area contributed by atoms with Crippen LogP contribution in [0, 0.1) is 12.7 Å². The molecule has 0 atom stereocenters. The van der Waals surface area contributed by atoms with Gasteiger partial charge in [0.15, 0.2) is 5.82 Å². The van der Waals surface area contributed by atoms with Crippen molar-refractivity contribution in [2.45, 2.75) is 33.1 Å². The number of nitrogens with zero attached hydrogens (tertiary/aromatic N) is 1. The summed E-state index contributed by atoms with van der Waals surface area (Å²) in [4.78, 5) is 4.67. The van der Waals surface area contributed by atoms with Crippen molar-refractivity contribution < 1.29 is 9.50 Å². The van der Waals surface area contributed by atoms with Crippen LogP contribution in [0.2, 0.25) is 5.02 Å². The second-order valence-corrected chi connectivity index (χ2v) is 8.81. The zero-order valence-electron chi connectivity index (χ0n) is 19.8. The summed E-state index contributed by atoms with van der Waals surface area (Å²) in [6.45, 7) is 13.6. The van der Waals surface area contributed by atoms with E-state index in [1.54, 1.807) is 30.4 Å². The molecule has 0 amide bonds. The Kier molecular flexibility index (Phi) is 8.25. The molecule has 2 nitrogen and oxygen atoms in total. The van der Waals surface area contributed by atoms with Gasteiger partial charge in [0.1, 0.15) is 11.4 Å². The number of aromatic hydroxyl groups is 1. The molecule has 3 aromatic carbocycles. The second kappa shape index (κ2) is 11.1. The molecular formula is C30H29ClFNO. The molecule has 4 heteroatoms. The van der Waals surface area contributed by atoms with Crippen molar-refractivity contribution in [2.75, 3.05) is 0 Å². The Labute approximate surface area is 206 Å². The second-order valence-electron chi connectivity index (χ2n) is 8.43. The van der Waals surface area contributed by atoms with Crippen LogP contribution in [0.3, 0.4) is 0 Å². The average Bonchev–Trinajstić information content (AvgIpc) is 2.83. The maximum atomic E-state index is 15.5. The number of benzene rings is 3. The van der Waals surface area contributed by atoms with Crippen molar-refractivity contribution in [1.29, 1.82) is 0 Å². The minimum atomic E-state index is -0.569. The first kappa shape index (κ1) is 25.2. The SMILES string of the molecule is C=C/C=C(\C=C)C(=Nc1cc(C)c(Cc2ccc(O)c(C(C)C)c2)c(Cl)c1F)c1ccccc1. The maximum absolute atomic E-state index is 15.5. The van der Waals surface area contributed by atoms with Gasteiger partial charge >= 0.3 is 0 Å². The molecule has 0 bridgehead atoms. The van der Waals surface area contributed by atoms with E-state index >= 15 is 4.39 Å². The van der Waals surface area contributed by atoms with Crippen LogP contribution in [0.4, 0.5) is 10.1 Å². The Bertz CT molecular complexity index is 1270. The molecule has 34 heavy (non-hydrogen) atoms. The predicted molar refractivity (Wildman–Crippen MR) is 142 cm³/mol. The van der Waals surface area contributed by atoms with Gasteiger partial charge in [0.25, 0.3) is 0 Å². The Morgan fingerprint density at radius 1 is 1.12 bits per heavy atom. The molecule has 0 fully saturated rings. The van der Waals surface area contributed by atoms with Crippen molar-refractivity contribution >= 4 is 23.0 Å². The number of aryl methyl sites for hydroxylation is 1. The molecule has 0 aliphatic heterocycles. The quantitative estimate of drug-likeness (QED) is 0.257. The van der Waals surface area contributed by atoms with Crippen LogP contribution in [0.25, 0.3) is 0 Å². The van der Waals surface area contributed by atoms with Crippen molar-refractivity contribution in [1.82, 2.24) is 0 Å². The highest BCUT2D eigenvalue weighted by Crippen LogP contribution is 2.35. The number of phenolic OH excluding ortho intramolecular Hbond substituents is 1. The van der Waals surface area contributed by atoms with Crippen LogP contribution in [-0.2, 0) is 6.42 Å². The molecule has 0 spiro atoms. The molecule has 174 valence electrons. The molecule has 0 aliphatic rings. The highest BCUT2D eigenvalue weighted by atomic mass is 35.5. The number of hydrogen-bond acceptors (Lipinski definition) is 2. The van der Waals surface area contributed by atoms with Gasteiger partial charge in [-0.15, -0.1) is 0 Å². The van der Waals surface area contributed by atoms with E-state index in [9.17, 15) is 5.11 Å². The molecule has 0 unspecified atom stereocenters. The average molecular weight is 474 g/mol. The topological polar surface area (TPSA) is 32.6 Å². The lowest BCUT2D eigenvalue weighted by Crippen LogP contribution is -2.04. The van der Waals surface area contributed by atoms with Crippen LogP contribution in [0.1, 0.15) is 47.6 Å². The summed E-state index contributed by atoms with van der Waals surface area (Å²) >= 11 is 6.55. The molecule has 1 N–H and O–H groups in total. The van der Waals surface area contributed by atoms with Gasteiger partial charge in [-0.25, -0.2) is 9.38 Å². The number of aliphatic imine (C=N–C) groups is 1. The summed E-state index contributed by atoms with van der Waals surface area (Å²) < 4.78 is 15.5.